The Morgan fingerprint density at radius 2 is 1.74 bits per heavy atom. The zero-order chi connectivity index (χ0) is 19.1. The van der Waals surface area contributed by atoms with E-state index in [-0.39, 0.29) is 17.2 Å². The van der Waals surface area contributed by atoms with Crippen LogP contribution in [0.15, 0.2) is 64.5 Å². The molecule has 0 saturated heterocycles. The molecule has 0 atom stereocenters. The fraction of sp³-hybridized carbons (Fsp3) is 0.200. The number of hydrogen-bond donors (Lipinski definition) is 2. The second-order valence-corrected chi connectivity index (χ2v) is 5.85. The number of nitrogens with one attached hydrogen (secondary N) is 2. The summed E-state index contributed by atoms with van der Waals surface area (Å²) < 4.78 is 0. The Morgan fingerprint density at radius 1 is 1.04 bits per heavy atom. The highest BCUT2D eigenvalue weighted by atomic mass is 16.1. The van der Waals surface area contributed by atoms with E-state index in [4.69, 9.17) is 0 Å². The van der Waals surface area contributed by atoms with Crippen molar-refractivity contribution in [3.05, 3.63) is 70.5 Å². The predicted molar refractivity (Wildman–Crippen MR) is 109 cm³/mol. The highest BCUT2D eigenvalue weighted by Gasteiger charge is 2.06. The summed E-state index contributed by atoms with van der Waals surface area (Å²) in [5.41, 5.74) is 5.49. The van der Waals surface area contributed by atoms with E-state index >= 15 is 0 Å². The lowest BCUT2D eigenvalue weighted by molar-refractivity contribution is 0.866. The lowest BCUT2D eigenvalue weighted by atomic mass is 10.2. The SMILES string of the molecule is CCN(CC)c1ccc(/C=N/Nc2nnc(-c3ccccc3)c(=O)[nH]2)cc1. The van der Waals surface area contributed by atoms with E-state index in [1.807, 2.05) is 42.5 Å². The van der Waals surface area contributed by atoms with Gasteiger partial charge >= 0.3 is 0 Å². The Kier molecular flexibility index (Phi) is 5.94. The van der Waals surface area contributed by atoms with E-state index in [0.717, 1.165) is 24.2 Å². The summed E-state index contributed by atoms with van der Waals surface area (Å²) >= 11 is 0. The molecule has 0 aliphatic heterocycles. The molecule has 2 aromatic carbocycles. The first-order chi connectivity index (χ1) is 13.2. The lowest BCUT2D eigenvalue weighted by Gasteiger charge is -2.20. The third-order valence-electron chi connectivity index (χ3n) is 4.15. The van der Waals surface area contributed by atoms with Crippen LogP contribution in [0.25, 0.3) is 11.3 Å². The lowest BCUT2D eigenvalue weighted by Crippen LogP contribution is -2.21. The number of hydrazone groups is 1. The molecule has 0 amide bonds. The second kappa shape index (κ2) is 8.75. The summed E-state index contributed by atoms with van der Waals surface area (Å²) in [5.74, 6) is 0.190. The summed E-state index contributed by atoms with van der Waals surface area (Å²) in [6, 6.07) is 17.3. The third kappa shape index (κ3) is 4.58. The molecule has 138 valence electrons. The van der Waals surface area contributed by atoms with Crippen molar-refractivity contribution in [2.24, 2.45) is 5.10 Å². The van der Waals surface area contributed by atoms with Gasteiger partial charge in [-0.25, -0.2) is 5.43 Å². The van der Waals surface area contributed by atoms with Gasteiger partial charge in [0.05, 0.1) is 6.21 Å². The fourth-order valence-corrected chi connectivity index (χ4v) is 2.70. The second-order valence-electron chi connectivity index (χ2n) is 5.85. The van der Waals surface area contributed by atoms with Gasteiger partial charge in [0.2, 0.25) is 5.95 Å². The zero-order valence-electron chi connectivity index (χ0n) is 15.4. The summed E-state index contributed by atoms with van der Waals surface area (Å²) in [7, 11) is 0. The Hall–Kier alpha value is -3.48. The summed E-state index contributed by atoms with van der Waals surface area (Å²) in [4.78, 5) is 17.1. The molecule has 7 heteroatoms. The smallest absolute Gasteiger partial charge is 0.279 e. The van der Waals surface area contributed by atoms with Crippen molar-refractivity contribution in [3.8, 4) is 11.3 Å². The van der Waals surface area contributed by atoms with Gasteiger partial charge in [0.15, 0.2) is 5.69 Å². The average molecular weight is 362 g/mol. The van der Waals surface area contributed by atoms with Crippen LogP contribution in [0.4, 0.5) is 11.6 Å². The highest BCUT2D eigenvalue weighted by Crippen LogP contribution is 2.14. The first kappa shape index (κ1) is 18.3. The number of aromatic nitrogens is 3. The maximum absolute atomic E-state index is 12.2. The standard InChI is InChI=1S/C20H22N6O/c1-3-26(4-2)17-12-10-15(11-13-17)14-21-24-20-22-19(27)18(23-25-20)16-8-6-5-7-9-16/h5-14H,3-4H2,1-2H3,(H2,22,24,25,27)/b21-14+. The van der Waals surface area contributed by atoms with Crippen LogP contribution in [0.1, 0.15) is 19.4 Å². The molecule has 0 saturated carbocycles. The molecule has 3 rings (SSSR count). The number of anilines is 2. The average Bonchev–Trinajstić information content (AvgIpc) is 2.71. The maximum atomic E-state index is 12.2. The molecule has 0 spiro atoms. The van der Waals surface area contributed by atoms with Crippen LogP contribution >= 0.6 is 0 Å². The van der Waals surface area contributed by atoms with Crippen LogP contribution in [0.2, 0.25) is 0 Å². The Labute approximate surface area is 157 Å². The summed E-state index contributed by atoms with van der Waals surface area (Å²) in [6.45, 7) is 6.20. The molecule has 0 aliphatic carbocycles. The normalized spacial score (nSPS) is 10.9. The van der Waals surface area contributed by atoms with E-state index < -0.39 is 0 Å². The van der Waals surface area contributed by atoms with Crippen LogP contribution in [-0.2, 0) is 0 Å². The third-order valence-corrected chi connectivity index (χ3v) is 4.15. The molecule has 1 aromatic heterocycles. The van der Waals surface area contributed by atoms with E-state index in [1.165, 1.54) is 5.69 Å². The monoisotopic (exact) mass is 362 g/mol. The number of H-pyrrole nitrogens is 1. The first-order valence-corrected chi connectivity index (χ1v) is 8.87. The topological polar surface area (TPSA) is 86.3 Å². The molecule has 0 unspecified atom stereocenters. The molecular formula is C20H22N6O. The minimum Gasteiger partial charge on any atom is -0.372 e. The molecule has 1 heterocycles. The van der Waals surface area contributed by atoms with Gasteiger partial charge < -0.3 is 4.90 Å². The molecular weight excluding hydrogens is 340 g/mol. The van der Waals surface area contributed by atoms with Gasteiger partial charge in [-0.3, -0.25) is 9.78 Å². The van der Waals surface area contributed by atoms with Gasteiger partial charge in [0.25, 0.3) is 5.56 Å². The van der Waals surface area contributed by atoms with Crippen molar-refractivity contribution in [2.45, 2.75) is 13.8 Å². The van der Waals surface area contributed by atoms with Crippen molar-refractivity contribution in [1.29, 1.82) is 0 Å². The van der Waals surface area contributed by atoms with Gasteiger partial charge in [-0.2, -0.15) is 5.10 Å². The Bertz CT molecular complexity index is 946. The van der Waals surface area contributed by atoms with Crippen molar-refractivity contribution < 1.29 is 0 Å². The van der Waals surface area contributed by atoms with Crippen LogP contribution in [0.5, 0.6) is 0 Å². The highest BCUT2D eigenvalue weighted by molar-refractivity contribution is 5.80. The van der Waals surface area contributed by atoms with E-state index in [0.29, 0.717) is 0 Å². The number of hydrogen-bond acceptors (Lipinski definition) is 6. The van der Waals surface area contributed by atoms with E-state index in [2.05, 4.69) is 56.6 Å². The van der Waals surface area contributed by atoms with Crippen molar-refractivity contribution in [3.63, 3.8) is 0 Å². The van der Waals surface area contributed by atoms with Gasteiger partial charge in [-0.15, -0.1) is 10.2 Å². The molecule has 0 fully saturated rings. The molecule has 0 aliphatic rings. The molecule has 0 bridgehead atoms. The number of benzene rings is 2. The number of aromatic amines is 1. The predicted octanol–water partition coefficient (Wildman–Crippen LogP) is 3.12. The maximum Gasteiger partial charge on any atom is 0.279 e. The largest absolute Gasteiger partial charge is 0.372 e. The van der Waals surface area contributed by atoms with E-state index in [9.17, 15) is 4.79 Å². The van der Waals surface area contributed by atoms with Crippen LogP contribution in [0, 0.1) is 0 Å². The van der Waals surface area contributed by atoms with Crippen molar-refractivity contribution >= 4 is 17.9 Å². The quantitative estimate of drug-likeness (QED) is 0.498. The van der Waals surface area contributed by atoms with Gasteiger partial charge in [0.1, 0.15) is 0 Å². The Morgan fingerprint density at radius 3 is 2.37 bits per heavy atom. The minimum absolute atomic E-state index is 0.190. The van der Waals surface area contributed by atoms with Crippen molar-refractivity contribution in [1.82, 2.24) is 15.2 Å². The molecule has 3 aromatic rings. The molecule has 7 nitrogen and oxygen atoms in total. The number of nitrogens with zero attached hydrogens (tertiary/aromatic N) is 4. The van der Waals surface area contributed by atoms with E-state index in [1.54, 1.807) is 6.21 Å². The Balaban J connectivity index is 1.66. The van der Waals surface area contributed by atoms with Crippen LogP contribution in [-0.4, -0.2) is 34.5 Å². The van der Waals surface area contributed by atoms with Crippen LogP contribution < -0.4 is 15.9 Å². The van der Waals surface area contributed by atoms with Gasteiger partial charge in [0, 0.05) is 24.3 Å². The molecule has 0 radical (unpaired) electrons. The summed E-state index contributed by atoms with van der Waals surface area (Å²) in [5, 5.41) is 12.1. The minimum atomic E-state index is -0.322. The van der Waals surface area contributed by atoms with Crippen LogP contribution in [0.3, 0.4) is 0 Å². The van der Waals surface area contributed by atoms with Gasteiger partial charge in [-0.1, -0.05) is 42.5 Å². The molecule has 2 N–H and O–H groups in total. The van der Waals surface area contributed by atoms with Gasteiger partial charge in [-0.05, 0) is 31.5 Å². The van der Waals surface area contributed by atoms with Crippen molar-refractivity contribution in [2.75, 3.05) is 23.4 Å². The fourth-order valence-electron chi connectivity index (χ4n) is 2.70. The molecule has 27 heavy (non-hydrogen) atoms. The summed E-state index contributed by atoms with van der Waals surface area (Å²) in [6.07, 6.45) is 1.66. The number of rotatable bonds is 7. The zero-order valence-corrected chi connectivity index (χ0v) is 15.4. The first-order valence-electron chi connectivity index (χ1n) is 8.87.